The molecular weight excluding hydrogens is 344 g/mol. The van der Waals surface area contributed by atoms with Crippen molar-refractivity contribution in [3.63, 3.8) is 0 Å². The van der Waals surface area contributed by atoms with E-state index in [2.05, 4.69) is 11.9 Å². The smallest absolute Gasteiger partial charge is 0.221 e. The number of hydrogen-bond acceptors (Lipinski definition) is 4. The van der Waals surface area contributed by atoms with Gasteiger partial charge < -0.3 is 15.5 Å². The number of benzene rings is 1. The first-order valence-electron chi connectivity index (χ1n) is 9.59. The van der Waals surface area contributed by atoms with Gasteiger partial charge in [0, 0.05) is 32.0 Å². The van der Waals surface area contributed by atoms with Crippen molar-refractivity contribution in [3.05, 3.63) is 29.8 Å². The molecule has 6 heteroatoms. The predicted molar refractivity (Wildman–Crippen MR) is 110 cm³/mol. The van der Waals surface area contributed by atoms with Crippen LogP contribution in [0.25, 0.3) is 0 Å². The third kappa shape index (κ3) is 4.72. The van der Waals surface area contributed by atoms with Crippen molar-refractivity contribution in [2.24, 2.45) is 4.99 Å². The van der Waals surface area contributed by atoms with Gasteiger partial charge in [-0.25, -0.2) is 0 Å². The van der Waals surface area contributed by atoms with Crippen LogP contribution in [-0.2, 0) is 11.3 Å². The summed E-state index contributed by atoms with van der Waals surface area (Å²) in [7, 11) is 2.07. The molecule has 1 aromatic carbocycles. The number of nitrogens with zero attached hydrogens (tertiary/aromatic N) is 3. The van der Waals surface area contributed by atoms with Gasteiger partial charge in [0.05, 0.1) is 6.04 Å². The summed E-state index contributed by atoms with van der Waals surface area (Å²) >= 11 is 1.78. The van der Waals surface area contributed by atoms with E-state index < -0.39 is 0 Å². The molecule has 26 heavy (non-hydrogen) atoms. The van der Waals surface area contributed by atoms with Crippen molar-refractivity contribution in [1.82, 2.24) is 9.80 Å². The second kappa shape index (κ2) is 8.80. The summed E-state index contributed by atoms with van der Waals surface area (Å²) in [5.74, 6) is 0.964. The van der Waals surface area contributed by atoms with Crippen LogP contribution in [0, 0.1) is 0 Å². The third-order valence-electron chi connectivity index (χ3n) is 5.32. The lowest BCUT2D eigenvalue weighted by molar-refractivity contribution is -0.133. The highest BCUT2D eigenvalue weighted by molar-refractivity contribution is 8.14. The van der Waals surface area contributed by atoms with Gasteiger partial charge in [0.1, 0.15) is 6.17 Å². The summed E-state index contributed by atoms with van der Waals surface area (Å²) in [4.78, 5) is 21.5. The number of amides is 1. The van der Waals surface area contributed by atoms with E-state index in [1.807, 2.05) is 29.2 Å². The largest absolute Gasteiger partial charge is 0.399 e. The number of aliphatic imine (C=N–C) groups is 1. The van der Waals surface area contributed by atoms with E-state index in [1.165, 1.54) is 38.5 Å². The number of amidine groups is 1. The number of nitrogen functional groups attached to an aromatic ring is 1. The maximum Gasteiger partial charge on any atom is 0.221 e. The van der Waals surface area contributed by atoms with Crippen molar-refractivity contribution < 1.29 is 4.79 Å². The summed E-state index contributed by atoms with van der Waals surface area (Å²) in [5.41, 5.74) is 7.62. The maximum atomic E-state index is 12.3. The summed E-state index contributed by atoms with van der Waals surface area (Å²) in [5, 5.41) is 1.09. The SMILES string of the molecule is CC(=O)N(Cc1ccc(N)cc1)C1CSC(=NC2CCCCCC2)N1C. The molecule has 1 saturated heterocycles. The van der Waals surface area contributed by atoms with Crippen molar-refractivity contribution >= 4 is 28.5 Å². The number of anilines is 1. The molecule has 2 aliphatic rings. The zero-order chi connectivity index (χ0) is 18.5. The Morgan fingerprint density at radius 3 is 2.50 bits per heavy atom. The lowest BCUT2D eigenvalue weighted by Crippen LogP contribution is -2.47. The van der Waals surface area contributed by atoms with Gasteiger partial charge in [-0.15, -0.1) is 0 Å². The van der Waals surface area contributed by atoms with E-state index in [0.717, 1.165) is 22.2 Å². The maximum absolute atomic E-state index is 12.3. The van der Waals surface area contributed by atoms with E-state index in [4.69, 9.17) is 10.7 Å². The molecule has 2 fully saturated rings. The van der Waals surface area contributed by atoms with Crippen LogP contribution in [0.2, 0.25) is 0 Å². The average Bonchev–Trinajstić information content (AvgIpc) is 2.82. The van der Waals surface area contributed by atoms with Crippen LogP contribution in [0.1, 0.15) is 51.0 Å². The summed E-state index contributed by atoms with van der Waals surface area (Å²) in [6.07, 6.45) is 7.71. The van der Waals surface area contributed by atoms with Gasteiger partial charge in [-0.05, 0) is 30.5 Å². The minimum absolute atomic E-state index is 0.0552. The average molecular weight is 375 g/mol. The molecule has 1 aliphatic heterocycles. The number of carbonyl (C=O) groups excluding carboxylic acids is 1. The Labute approximate surface area is 161 Å². The Morgan fingerprint density at radius 2 is 1.88 bits per heavy atom. The standard InChI is InChI=1S/C20H30N4OS/c1-15(25)24(13-16-9-11-17(21)12-10-16)19-14-26-20(23(19)2)22-18-7-5-3-4-6-8-18/h9-12,18-19H,3-8,13-14,21H2,1-2H3. The normalized spacial score (nSPS) is 23.2. The summed E-state index contributed by atoms with van der Waals surface area (Å²) < 4.78 is 0. The minimum atomic E-state index is 0.0552. The molecule has 2 N–H and O–H groups in total. The molecule has 142 valence electrons. The molecule has 0 spiro atoms. The van der Waals surface area contributed by atoms with Crippen LogP contribution >= 0.6 is 11.8 Å². The van der Waals surface area contributed by atoms with E-state index >= 15 is 0 Å². The molecule has 0 bridgehead atoms. The number of carbonyl (C=O) groups is 1. The van der Waals surface area contributed by atoms with Crippen LogP contribution in [0.5, 0.6) is 0 Å². The van der Waals surface area contributed by atoms with E-state index in [-0.39, 0.29) is 12.1 Å². The Hall–Kier alpha value is -1.69. The number of thioether (sulfide) groups is 1. The first-order chi connectivity index (χ1) is 12.5. The quantitative estimate of drug-likeness (QED) is 0.645. The topological polar surface area (TPSA) is 61.9 Å². The summed E-state index contributed by atoms with van der Waals surface area (Å²) in [6, 6.07) is 8.21. The van der Waals surface area contributed by atoms with Crippen molar-refractivity contribution in [3.8, 4) is 0 Å². The lowest BCUT2D eigenvalue weighted by Gasteiger charge is -2.33. The molecule has 0 aromatic heterocycles. The number of hydrogen-bond donors (Lipinski definition) is 1. The van der Waals surface area contributed by atoms with Gasteiger partial charge in [0.25, 0.3) is 0 Å². The first kappa shape index (κ1) is 19.1. The van der Waals surface area contributed by atoms with Gasteiger partial charge in [0.15, 0.2) is 5.17 Å². The Kier molecular flexibility index (Phi) is 6.46. The van der Waals surface area contributed by atoms with Crippen molar-refractivity contribution in [2.45, 2.75) is 64.2 Å². The van der Waals surface area contributed by atoms with E-state index in [0.29, 0.717) is 12.6 Å². The molecule has 1 aromatic rings. The summed E-state index contributed by atoms with van der Waals surface area (Å²) in [6.45, 7) is 2.25. The molecule has 1 atom stereocenters. The van der Waals surface area contributed by atoms with Gasteiger partial charge in [-0.3, -0.25) is 9.79 Å². The number of nitrogens with two attached hydrogens (primary N) is 1. The Balaban J connectivity index is 1.70. The first-order valence-corrected chi connectivity index (χ1v) is 10.6. The molecule has 1 unspecified atom stereocenters. The molecule has 3 rings (SSSR count). The van der Waals surface area contributed by atoms with Crippen LogP contribution in [0.3, 0.4) is 0 Å². The zero-order valence-electron chi connectivity index (χ0n) is 15.9. The molecular formula is C20H30N4OS. The highest BCUT2D eigenvalue weighted by atomic mass is 32.2. The second-order valence-electron chi connectivity index (χ2n) is 7.35. The highest BCUT2D eigenvalue weighted by Gasteiger charge is 2.34. The molecule has 1 heterocycles. The lowest BCUT2D eigenvalue weighted by atomic mass is 10.1. The monoisotopic (exact) mass is 374 g/mol. The van der Waals surface area contributed by atoms with Crippen LogP contribution < -0.4 is 5.73 Å². The van der Waals surface area contributed by atoms with Gasteiger partial charge >= 0.3 is 0 Å². The molecule has 1 aliphatic carbocycles. The van der Waals surface area contributed by atoms with Gasteiger partial charge in [0.2, 0.25) is 5.91 Å². The van der Waals surface area contributed by atoms with Crippen LogP contribution in [0.4, 0.5) is 5.69 Å². The fraction of sp³-hybridized carbons (Fsp3) is 0.600. The van der Waals surface area contributed by atoms with Gasteiger partial charge in [-0.2, -0.15) is 0 Å². The Bertz CT molecular complexity index is 638. The van der Waals surface area contributed by atoms with E-state index in [9.17, 15) is 4.79 Å². The molecule has 1 saturated carbocycles. The van der Waals surface area contributed by atoms with E-state index in [1.54, 1.807) is 18.7 Å². The van der Waals surface area contributed by atoms with Crippen molar-refractivity contribution in [1.29, 1.82) is 0 Å². The van der Waals surface area contributed by atoms with Crippen LogP contribution in [0.15, 0.2) is 29.3 Å². The fourth-order valence-electron chi connectivity index (χ4n) is 3.71. The Morgan fingerprint density at radius 1 is 1.23 bits per heavy atom. The van der Waals surface area contributed by atoms with Crippen molar-refractivity contribution in [2.75, 3.05) is 18.5 Å². The number of rotatable bonds is 4. The zero-order valence-corrected chi connectivity index (χ0v) is 16.7. The molecule has 0 radical (unpaired) electrons. The third-order valence-corrected chi connectivity index (χ3v) is 6.44. The van der Waals surface area contributed by atoms with Gasteiger partial charge in [-0.1, -0.05) is 49.6 Å². The fourth-order valence-corrected chi connectivity index (χ4v) is 4.96. The predicted octanol–water partition coefficient (Wildman–Crippen LogP) is 3.70. The minimum Gasteiger partial charge on any atom is -0.399 e. The highest BCUT2D eigenvalue weighted by Crippen LogP contribution is 2.29. The van der Waals surface area contributed by atoms with Crippen LogP contribution in [-0.4, -0.2) is 45.9 Å². The second-order valence-corrected chi connectivity index (χ2v) is 8.34. The molecule has 1 amide bonds. The molecule has 5 nitrogen and oxygen atoms in total.